The molecule has 1 amide bonds. The number of hydrogen-bond donors (Lipinski definition) is 2. The number of nitrogens with two attached hydrogens (primary N) is 1. The van der Waals surface area contributed by atoms with Gasteiger partial charge in [0.25, 0.3) is 0 Å². The molecule has 0 saturated heterocycles. The molecule has 0 spiro atoms. The summed E-state index contributed by atoms with van der Waals surface area (Å²) in [6.45, 7) is 3.75. The number of carbonyl (C=O) groups excluding carboxylic acids is 1. The van der Waals surface area contributed by atoms with Crippen molar-refractivity contribution in [2.24, 2.45) is 11.7 Å². The Kier molecular flexibility index (Phi) is 3.64. The van der Waals surface area contributed by atoms with E-state index >= 15 is 0 Å². The van der Waals surface area contributed by atoms with Gasteiger partial charge < -0.3 is 11.1 Å². The average molecular weight is 267 g/mol. The van der Waals surface area contributed by atoms with Gasteiger partial charge in [-0.1, -0.05) is 23.7 Å². The van der Waals surface area contributed by atoms with Crippen molar-refractivity contribution in [3.05, 3.63) is 34.9 Å². The van der Waals surface area contributed by atoms with Gasteiger partial charge in [0.15, 0.2) is 0 Å². The summed E-state index contributed by atoms with van der Waals surface area (Å²) in [5, 5.41) is 3.63. The molecule has 1 aromatic carbocycles. The summed E-state index contributed by atoms with van der Waals surface area (Å²) in [7, 11) is 0. The third-order valence-corrected chi connectivity index (χ3v) is 3.85. The van der Waals surface area contributed by atoms with Gasteiger partial charge in [0.1, 0.15) is 0 Å². The van der Waals surface area contributed by atoms with E-state index in [1.54, 1.807) is 0 Å². The summed E-state index contributed by atoms with van der Waals surface area (Å²) in [6, 6.07) is 7.41. The lowest BCUT2D eigenvalue weighted by molar-refractivity contribution is -0.127. The molecule has 0 aromatic heterocycles. The number of nitrogens with one attached hydrogen (secondary N) is 1. The van der Waals surface area contributed by atoms with Crippen LogP contribution in [-0.2, 0) is 4.79 Å². The van der Waals surface area contributed by atoms with Crippen molar-refractivity contribution in [2.45, 2.75) is 38.3 Å². The fourth-order valence-corrected chi connectivity index (χ4v) is 2.28. The summed E-state index contributed by atoms with van der Waals surface area (Å²) in [5.41, 5.74) is 6.31. The Hall–Kier alpha value is -1.06. The molecule has 1 saturated carbocycles. The summed E-state index contributed by atoms with van der Waals surface area (Å²) in [5.74, 6) is 0.238. The maximum absolute atomic E-state index is 12.1. The highest BCUT2D eigenvalue weighted by molar-refractivity contribution is 6.30. The van der Waals surface area contributed by atoms with Crippen LogP contribution in [0, 0.1) is 5.92 Å². The topological polar surface area (TPSA) is 55.1 Å². The lowest BCUT2D eigenvalue weighted by Gasteiger charge is -2.26. The Morgan fingerprint density at radius 2 is 2.22 bits per heavy atom. The minimum Gasteiger partial charge on any atom is -0.348 e. The van der Waals surface area contributed by atoms with Crippen molar-refractivity contribution in [2.75, 3.05) is 0 Å². The molecule has 1 aliphatic carbocycles. The van der Waals surface area contributed by atoms with Gasteiger partial charge in [-0.3, -0.25) is 4.79 Å². The highest BCUT2D eigenvalue weighted by Gasteiger charge is 2.44. The van der Waals surface area contributed by atoms with Crippen molar-refractivity contribution in [1.82, 2.24) is 5.32 Å². The van der Waals surface area contributed by atoms with Gasteiger partial charge >= 0.3 is 0 Å². The second-order valence-electron chi connectivity index (χ2n) is 5.31. The molecule has 98 valence electrons. The van der Waals surface area contributed by atoms with Crippen LogP contribution in [0.25, 0.3) is 0 Å². The Morgan fingerprint density at radius 1 is 1.56 bits per heavy atom. The van der Waals surface area contributed by atoms with E-state index in [2.05, 4.69) is 5.32 Å². The average Bonchev–Trinajstić information content (AvgIpc) is 3.12. The largest absolute Gasteiger partial charge is 0.348 e. The van der Waals surface area contributed by atoms with Gasteiger partial charge in [-0.25, -0.2) is 0 Å². The van der Waals surface area contributed by atoms with E-state index in [9.17, 15) is 4.79 Å². The first-order chi connectivity index (χ1) is 8.41. The predicted octanol–water partition coefficient (Wildman–Crippen LogP) is 2.64. The van der Waals surface area contributed by atoms with E-state index in [0.29, 0.717) is 10.9 Å². The first-order valence-electron chi connectivity index (χ1n) is 6.26. The first-order valence-corrected chi connectivity index (χ1v) is 6.64. The lowest BCUT2D eigenvalue weighted by Crippen LogP contribution is -2.53. The number of carbonyl (C=O) groups is 1. The SMILES string of the molecule is C[C@@H](NC(=O)C(C)(N)C1CC1)c1cccc(Cl)c1. The highest BCUT2D eigenvalue weighted by atomic mass is 35.5. The Morgan fingerprint density at radius 3 is 2.78 bits per heavy atom. The lowest BCUT2D eigenvalue weighted by atomic mass is 9.95. The third kappa shape index (κ3) is 2.85. The summed E-state index contributed by atoms with van der Waals surface area (Å²) in [6.07, 6.45) is 2.10. The van der Waals surface area contributed by atoms with Gasteiger partial charge in [-0.05, 0) is 50.3 Å². The summed E-state index contributed by atoms with van der Waals surface area (Å²) >= 11 is 5.94. The zero-order chi connectivity index (χ0) is 13.3. The normalized spacial score (nSPS) is 20.0. The molecule has 1 aromatic rings. The van der Waals surface area contributed by atoms with Gasteiger partial charge in [-0.2, -0.15) is 0 Å². The second-order valence-corrected chi connectivity index (χ2v) is 5.74. The van der Waals surface area contributed by atoms with Gasteiger partial charge in [0, 0.05) is 5.02 Å². The monoisotopic (exact) mass is 266 g/mol. The van der Waals surface area contributed by atoms with Gasteiger partial charge in [0.2, 0.25) is 5.91 Å². The Bertz CT molecular complexity index is 455. The maximum Gasteiger partial charge on any atom is 0.240 e. The maximum atomic E-state index is 12.1. The van der Waals surface area contributed by atoms with Crippen LogP contribution in [0.2, 0.25) is 5.02 Å². The van der Waals surface area contributed by atoms with Crippen LogP contribution in [-0.4, -0.2) is 11.4 Å². The van der Waals surface area contributed by atoms with Crippen molar-refractivity contribution < 1.29 is 4.79 Å². The van der Waals surface area contributed by atoms with Crippen molar-refractivity contribution in [3.8, 4) is 0 Å². The fraction of sp³-hybridized carbons (Fsp3) is 0.500. The van der Waals surface area contributed by atoms with Crippen LogP contribution in [0.1, 0.15) is 38.3 Å². The smallest absolute Gasteiger partial charge is 0.240 e. The number of amides is 1. The third-order valence-electron chi connectivity index (χ3n) is 3.61. The highest BCUT2D eigenvalue weighted by Crippen LogP contribution is 2.38. The van der Waals surface area contributed by atoms with Crippen molar-refractivity contribution in [3.63, 3.8) is 0 Å². The first kappa shape index (κ1) is 13.4. The molecule has 2 rings (SSSR count). The van der Waals surface area contributed by atoms with Crippen LogP contribution < -0.4 is 11.1 Å². The molecule has 18 heavy (non-hydrogen) atoms. The molecule has 0 aliphatic heterocycles. The molecule has 1 fully saturated rings. The molecule has 0 heterocycles. The van der Waals surface area contributed by atoms with E-state index < -0.39 is 5.54 Å². The number of rotatable bonds is 4. The molecular formula is C14H19ClN2O. The Labute approximate surface area is 113 Å². The van der Waals surface area contributed by atoms with E-state index in [1.165, 1.54) is 0 Å². The van der Waals surface area contributed by atoms with Gasteiger partial charge in [-0.15, -0.1) is 0 Å². The molecule has 0 radical (unpaired) electrons. The minimum atomic E-state index is -0.757. The molecule has 3 nitrogen and oxygen atoms in total. The molecule has 3 N–H and O–H groups in total. The quantitative estimate of drug-likeness (QED) is 0.880. The zero-order valence-corrected chi connectivity index (χ0v) is 11.5. The van der Waals surface area contributed by atoms with Crippen LogP contribution in [0.15, 0.2) is 24.3 Å². The predicted molar refractivity (Wildman–Crippen MR) is 73.3 cm³/mol. The number of halogens is 1. The van der Waals surface area contributed by atoms with E-state index in [-0.39, 0.29) is 11.9 Å². The standard InChI is InChI=1S/C14H19ClN2O/c1-9(10-4-3-5-12(15)8-10)17-13(18)14(2,16)11-6-7-11/h3-5,8-9,11H,6-7,16H2,1-2H3,(H,17,18)/t9-,14?/m1/s1. The molecular weight excluding hydrogens is 248 g/mol. The molecule has 0 bridgehead atoms. The molecule has 2 atom stereocenters. The summed E-state index contributed by atoms with van der Waals surface area (Å²) < 4.78 is 0. The van der Waals surface area contributed by atoms with E-state index in [0.717, 1.165) is 18.4 Å². The van der Waals surface area contributed by atoms with Crippen LogP contribution >= 0.6 is 11.6 Å². The van der Waals surface area contributed by atoms with Gasteiger partial charge in [0.05, 0.1) is 11.6 Å². The van der Waals surface area contributed by atoms with Crippen LogP contribution in [0.5, 0.6) is 0 Å². The molecule has 1 unspecified atom stereocenters. The Balaban J connectivity index is 2.03. The number of hydrogen-bond acceptors (Lipinski definition) is 2. The van der Waals surface area contributed by atoms with Crippen LogP contribution in [0.4, 0.5) is 0 Å². The minimum absolute atomic E-state index is 0.0853. The van der Waals surface area contributed by atoms with E-state index in [4.69, 9.17) is 17.3 Å². The fourth-order valence-electron chi connectivity index (χ4n) is 2.08. The van der Waals surface area contributed by atoms with E-state index in [1.807, 2.05) is 38.1 Å². The summed E-state index contributed by atoms with van der Waals surface area (Å²) in [4.78, 5) is 12.1. The van der Waals surface area contributed by atoms with Crippen molar-refractivity contribution >= 4 is 17.5 Å². The molecule has 4 heteroatoms. The zero-order valence-electron chi connectivity index (χ0n) is 10.7. The second kappa shape index (κ2) is 4.90. The number of benzene rings is 1. The van der Waals surface area contributed by atoms with Crippen molar-refractivity contribution in [1.29, 1.82) is 0 Å². The van der Waals surface area contributed by atoms with Crippen LogP contribution in [0.3, 0.4) is 0 Å². The molecule has 1 aliphatic rings.